The van der Waals surface area contributed by atoms with Gasteiger partial charge >= 0.3 is 6.36 Å². The van der Waals surface area contributed by atoms with Crippen molar-refractivity contribution in [1.82, 2.24) is 15.3 Å². The van der Waals surface area contributed by atoms with Crippen molar-refractivity contribution in [3.63, 3.8) is 0 Å². The first-order valence-corrected chi connectivity index (χ1v) is 8.29. The van der Waals surface area contributed by atoms with Gasteiger partial charge in [0.1, 0.15) is 29.1 Å². The van der Waals surface area contributed by atoms with E-state index in [2.05, 4.69) is 20.0 Å². The zero-order valence-electron chi connectivity index (χ0n) is 14.8. The summed E-state index contributed by atoms with van der Waals surface area (Å²) in [4.78, 5) is 29.7. The smallest absolute Gasteiger partial charge is 0.406 e. The number of pyridine rings is 2. The molecule has 30 heavy (non-hydrogen) atoms. The van der Waals surface area contributed by atoms with Crippen molar-refractivity contribution < 1.29 is 31.5 Å². The van der Waals surface area contributed by atoms with Crippen LogP contribution in [0, 0.1) is 11.6 Å². The van der Waals surface area contributed by atoms with E-state index in [0.29, 0.717) is 6.07 Å². The van der Waals surface area contributed by atoms with E-state index in [9.17, 15) is 31.5 Å². The molecule has 0 aliphatic heterocycles. The topological polar surface area (TPSA) is 84.1 Å². The number of rotatable bonds is 5. The standard InChI is InChI=1S/C19H12F5N3O3/c20-13-2-1-7-25-17(13)16(27-18(29)10-3-6-15(28)26-9-10)12-5-4-11(8-14(12)21)30-19(22,23)24/h1-9,16H,(H,26,28)(H,27,29)/t16-/m0/s1. The van der Waals surface area contributed by atoms with Gasteiger partial charge in [-0.3, -0.25) is 14.6 Å². The molecule has 0 saturated heterocycles. The van der Waals surface area contributed by atoms with Crippen molar-refractivity contribution in [2.24, 2.45) is 0 Å². The van der Waals surface area contributed by atoms with E-state index in [0.717, 1.165) is 30.5 Å². The maximum atomic E-state index is 14.6. The second-order valence-electron chi connectivity index (χ2n) is 5.95. The molecule has 0 spiro atoms. The third kappa shape index (κ3) is 4.99. The molecule has 3 aromatic rings. The number of halogens is 5. The van der Waals surface area contributed by atoms with Crippen LogP contribution in [0.5, 0.6) is 5.75 Å². The summed E-state index contributed by atoms with van der Waals surface area (Å²) in [6.07, 6.45) is -2.73. The Labute approximate surface area is 165 Å². The van der Waals surface area contributed by atoms with Gasteiger partial charge in [0.05, 0.1) is 5.56 Å². The lowest BCUT2D eigenvalue weighted by Gasteiger charge is -2.20. The van der Waals surface area contributed by atoms with Crippen molar-refractivity contribution in [2.75, 3.05) is 0 Å². The molecule has 2 heterocycles. The van der Waals surface area contributed by atoms with Crippen molar-refractivity contribution >= 4 is 5.91 Å². The number of hydrogen-bond donors (Lipinski definition) is 2. The zero-order valence-corrected chi connectivity index (χ0v) is 14.8. The minimum atomic E-state index is -5.03. The Bertz CT molecular complexity index is 1110. The summed E-state index contributed by atoms with van der Waals surface area (Å²) in [5, 5.41) is 2.37. The van der Waals surface area contributed by atoms with E-state index in [1.54, 1.807) is 0 Å². The van der Waals surface area contributed by atoms with Crippen molar-refractivity contribution in [3.05, 3.63) is 93.7 Å². The molecule has 0 saturated carbocycles. The number of carbonyl (C=O) groups excluding carboxylic acids is 1. The summed E-state index contributed by atoms with van der Waals surface area (Å²) in [5.41, 5.74) is -1.20. The molecule has 0 bridgehead atoms. The molecule has 11 heteroatoms. The summed E-state index contributed by atoms with van der Waals surface area (Å²) in [7, 11) is 0. The van der Waals surface area contributed by atoms with E-state index >= 15 is 0 Å². The van der Waals surface area contributed by atoms with Crippen molar-refractivity contribution in [1.29, 1.82) is 0 Å². The van der Waals surface area contributed by atoms with E-state index in [-0.39, 0.29) is 16.8 Å². The summed E-state index contributed by atoms with van der Waals surface area (Å²) >= 11 is 0. The van der Waals surface area contributed by atoms with Gasteiger partial charge in [0.15, 0.2) is 0 Å². The summed E-state index contributed by atoms with van der Waals surface area (Å²) in [5.74, 6) is -3.69. The first kappa shape index (κ1) is 21.0. The average Bonchev–Trinajstić information content (AvgIpc) is 2.66. The Hall–Kier alpha value is -3.76. The fourth-order valence-electron chi connectivity index (χ4n) is 2.61. The van der Waals surface area contributed by atoms with Crippen LogP contribution in [-0.4, -0.2) is 22.2 Å². The van der Waals surface area contributed by atoms with Gasteiger partial charge in [-0.1, -0.05) is 0 Å². The van der Waals surface area contributed by atoms with Gasteiger partial charge in [0.25, 0.3) is 5.91 Å². The third-order valence-corrected chi connectivity index (χ3v) is 3.90. The first-order chi connectivity index (χ1) is 14.1. The molecule has 3 rings (SSSR count). The Morgan fingerprint density at radius 1 is 1.10 bits per heavy atom. The summed E-state index contributed by atoms with van der Waals surface area (Å²) in [6.45, 7) is 0. The van der Waals surface area contributed by atoms with Crippen LogP contribution in [-0.2, 0) is 0 Å². The van der Waals surface area contributed by atoms with Crippen LogP contribution in [0.2, 0.25) is 0 Å². The predicted octanol–water partition coefficient (Wildman–Crippen LogP) is 3.47. The van der Waals surface area contributed by atoms with Gasteiger partial charge in [-0.15, -0.1) is 13.2 Å². The quantitative estimate of drug-likeness (QED) is 0.614. The largest absolute Gasteiger partial charge is 0.573 e. The third-order valence-electron chi connectivity index (χ3n) is 3.90. The van der Waals surface area contributed by atoms with Gasteiger partial charge in [-0.05, 0) is 30.3 Å². The maximum Gasteiger partial charge on any atom is 0.573 e. The fraction of sp³-hybridized carbons (Fsp3) is 0.105. The first-order valence-electron chi connectivity index (χ1n) is 8.29. The summed E-state index contributed by atoms with van der Waals surface area (Å²) < 4.78 is 69.6. The average molecular weight is 425 g/mol. The van der Waals surface area contributed by atoms with E-state index in [4.69, 9.17) is 0 Å². The number of benzene rings is 1. The predicted molar refractivity (Wildman–Crippen MR) is 93.6 cm³/mol. The number of ether oxygens (including phenoxy) is 1. The Kier molecular flexibility index (Phi) is 5.81. The van der Waals surface area contributed by atoms with Crippen LogP contribution in [0.1, 0.15) is 27.7 Å². The second-order valence-corrected chi connectivity index (χ2v) is 5.95. The number of H-pyrrole nitrogens is 1. The highest BCUT2D eigenvalue weighted by atomic mass is 19.4. The van der Waals surface area contributed by atoms with Gasteiger partial charge < -0.3 is 15.0 Å². The highest BCUT2D eigenvalue weighted by Crippen LogP contribution is 2.30. The molecule has 0 aliphatic rings. The van der Waals surface area contributed by atoms with E-state index < -0.39 is 41.3 Å². The zero-order chi connectivity index (χ0) is 21.9. The Morgan fingerprint density at radius 2 is 1.87 bits per heavy atom. The Balaban J connectivity index is 2.00. The molecule has 156 valence electrons. The van der Waals surface area contributed by atoms with Crippen LogP contribution in [0.15, 0.2) is 59.7 Å². The number of aromatic nitrogens is 2. The number of nitrogens with zero attached hydrogens (tertiary/aromatic N) is 1. The van der Waals surface area contributed by atoms with E-state index in [1.165, 1.54) is 18.3 Å². The number of aromatic amines is 1. The lowest BCUT2D eigenvalue weighted by molar-refractivity contribution is -0.274. The SMILES string of the molecule is O=C(N[C@@H](c1ccc(OC(F)(F)F)cc1F)c1ncccc1F)c1ccc(=O)[nH]c1. The second kappa shape index (κ2) is 8.31. The molecule has 1 amide bonds. The molecule has 1 atom stereocenters. The van der Waals surface area contributed by atoms with Crippen LogP contribution in [0.25, 0.3) is 0 Å². The summed E-state index contributed by atoms with van der Waals surface area (Å²) in [6, 6.07) is 5.30. The van der Waals surface area contributed by atoms with Gasteiger partial charge in [-0.25, -0.2) is 8.78 Å². The lowest BCUT2D eigenvalue weighted by Crippen LogP contribution is -2.31. The number of hydrogen-bond acceptors (Lipinski definition) is 4. The molecular formula is C19H12F5N3O3. The molecule has 2 N–H and O–H groups in total. The number of amides is 1. The van der Waals surface area contributed by atoms with Crippen LogP contribution >= 0.6 is 0 Å². The minimum Gasteiger partial charge on any atom is -0.406 e. The molecule has 0 radical (unpaired) electrons. The van der Waals surface area contributed by atoms with Crippen molar-refractivity contribution in [3.8, 4) is 5.75 Å². The van der Waals surface area contributed by atoms with Gasteiger partial charge in [0.2, 0.25) is 5.56 Å². The van der Waals surface area contributed by atoms with Gasteiger partial charge in [0, 0.05) is 30.1 Å². The molecule has 2 aromatic heterocycles. The molecule has 0 fully saturated rings. The van der Waals surface area contributed by atoms with Crippen LogP contribution in [0.4, 0.5) is 22.0 Å². The van der Waals surface area contributed by atoms with Crippen LogP contribution in [0.3, 0.4) is 0 Å². The van der Waals surface area contributed by atoms with Gasteiger partial charge in [-0.2, -0.15) is 0 Å². The molecule has 1 aromatic carbocycles. The number of carbonyl (C=O) groups is 1. The number of nitrogens with one attached hydrogen (secondary N) is 2. The molecule has 6 nitrogen and oxygen atoms in total. The highest BCUT2D eigenvalue weighted by Gasteiger charge is 2.32. The van der Waals surface area contributed by atoms with Crippen LogP contribution < -0.4 is 15.6 Å². The highest BCUT2D eigenvalue weighted by molar-refractivity contribution is 5.94. The Morgan fingerprint density at radius 3 is 2.47 bits per heavy atom. The maximum absolute atomic E-state index is 14.6. The molecule has 0 aliphatic carbocycles. The van der Waals surface area contributed by atoms with Crippen molar-refractivity contribution in [2.45, 2.75) is 12.4 Å². The molecular weight excluding hydrogens is 413 g/mol. The minimum absolute atomic E-state index is 0.0200. The fourth-order valence-corrected chi connectivity index (χ4v) is 2.61. The normalized spacial score (nSPS) is 12.3. The monoisotopic (exact) mass is 425 g/mol. The number of alkyl halides is 3. The lowest BCUT2D eigenvalue weighted by atomic mass is 10.0. The van der Waals surface area contributed by atoms with E-state index in [1.807, 2.05) is 0 Å². The molecule has 0 unspecified atom stereocenters.